The fourth-order valence-corrected chi connectivity index (χ4v) is 3.20. The van der Waals surface area contributed by atoms with Crippen molar-refractivity contribution in [1.29, 1.82) is 5.26 Å². The molecule has 1 unspecified atom stereocenters. The van der Waals surface area contributed by atoms with Gasteiger partial charge in [0.05, 0.1) is 28.5 Å². The number of hydrogen-bond donors (Lipinski definition) is 1. The van der Waals surface area contributed by atoms with Gasteiger partial charge in [0.15, 0.2) is 0 Å². The lowest BCUT2D eigenvalue weighted by molar-refractivity contribution is -0.118. The van der Waals surface area contributed by atoms with Gasteiger partial charge < -0.3 is 5.73 Å². The lowest BCUT2D eigenvalue weighted by Crippen LogP contribution is -2.23. The van der Waals surface area contributed by atoms with E-state index in [1.807, 2.05) is 30.3 Å². The standard InChI is InChI=1S/C21H20ClN5O/c1-13(2)14-3-5-15(6-4-14)20(21(24)28)19-7-8-27(26-19)12-17-9-18(22)16(10-23)11-25-17/h3-9,11,13,20H,12H2,1-2H3,(H2,24,28). The molecule has 142 valence electrons. The van der Waals surface area contributed by atoms with Crippen molar-refractivity contribution >= 4 is 17.5 Å². The minimum atomic E-state index is -0.625. The maximum atomic E-state index is 12.1. The predicted molar refractivity (Wildman–Crippen MR) is 107 cm³/mol. The Labute approximate surface area is 168 Å². The van der Waals surface area contributed by atoms with E-state index < -0.39 is 11.8 Å². The molecule has 1 aromatic carbocycles. The van der Waals surface area contributed by atoms with E-state index in [-0.39, 0.29) is 0 Å². The first-order chi connectivity index (χ1) is 13.4. The van der Waals surface area contributed by atoms with Gasteiger partial charge in [-0.2, -0.15) is 10.4 Å². The number of nitriles is 1. The smallest absolute Gasteiger partial charge is 0.231 e. The summed E-state index contributed by atoms with van der Waals surface area (Å²) < 4.78 is 1.67. The first-order valence-corrected chi connectivity index (χ1v) is 9.24. The number of hydrogen-bond acceptors (Lipinski definition) is 4. The summed E-state index contributed by atoms with van der Waals surface area (Å²) in [6, 6.07) is 13.3. The van der Waals surface area contributed by atoms with Crippen molar-refractivity contribution in [3.63, 3.8) is 0 Å². The molecule has 3 aromatic rings. The summed E-state index contributed by atoms with van der Waals surface area (Å²) >= 11 is 6.05. The van der Waals surface area contributed by atoms with Crippen LogP contribution in [0.5, 0.6) is 0 Å². The monoisotopic (exact) mass is 393 g/mol. The molecule has 0 bridgehead atoms. The van der Waals surface area contributed by atoms with Gasteiger partial charge in [0.2, 0.25) is 5.91 Å². The molecule has 0 aliphatic carbocycles. The Kier molecular flexibility index (Phi) is 5.76. The van der Waals surface area contributed by atoms with Crippen LogP contribution in [-0.4, -0.2) is 20.7 Å². The van der Waals surface area contributed by atoms with Crippen LogP contribution in [0.25, 0.3) is 0 Å². The highest BCUT2D eigenvalue weighted by Gasteiger charge is 2.23. The van der Waals surface area contributed by atoms with E-state index in [0.717, 1.165) is 5.56 Å². The zero-order chi connectivity index (χ0) is 20.3. The third-order valence-corrected chi connectivity index (χ3v) is 4.85. The van der Waals surface area contributed by atoms with Crippen LogP contribution >= 0.6 is 11.6 Å². The second-order valence-electron chi connectivity index (χ2n) is 6.86. The number of primary amides is 1. The van der Waals surface area contributed by atoms with Gasteiger partial charge in [-0.25, -0.2) is 0 Å². The van der Waals surface area contributed by atoms with Gasteiger partial charge in [-0.3, -0.25) is 14.5 Å². The van der Waals surface area contributed by atoms with Gasteiger partial charge in [-0.1, -0.05) is 49.7 Å². The van der Waals surface area contributed by atoms with Crippen LogP contribution in [0, 0.1) is 11.3 Å². The lowest BCUT2D eigenvalue weighted by atomic mass is 9.92. The number of carbonyl (C=O) groups is 1. The number of rotatable bonds is 6. The van der Waals surface area contributed by atoms with Gasteiger partial charge in [0.1, 0.15) is 12.0 Å². The minimum Gasteiger partial charge on any atom is -0.369 e. The molecule has 1 atom stereocenters. The molecule has 0 fully saturated rings. The second kappa shape index (κ2) is 8.24. The fourth-order valence-electron chi connectivity index (χ4n) is 2.98. The number of halogens is 1. The molecule has 1 amide bonds. The van der Waals surface area contributed by atoms with E-state index in [4.69, 9.17) is 22.6 Å². The first kappa shape index (κ1) is 19.6. The highest BCUT2D eigenvalue weighted by molar-refractivity contribution is 6.31. The van der Waals surface area contributed by atoms with E-state index in [9.17, 15) is 4.79 Å². The highest BCUT2D eigenvalue weighted by atomic mass is 35.5. The number of carbonyl (C=O) groups excluding carboxylic acids is 1. The Balaban J connectivity index is 1.84. The SMILES string of the molecule is CC(C)c1ccc(C(C(N)=O)c2ccn(Cc3cc(Cl)c(C#N)cn3)n2)cc1. The highest BCUT2D eigenvalue weighted by Crippen LogP contribution is 2.25. The molecule has 0 aliphatic heterocycles. The van der Waals surface area contributed by atoms with Crippen molar-refractivity contribution < 1.29 is 4.79 Å². The topological polar surface area (TPSA) is 97.6 Å². The van der Waals surface area contributed by atoms with Crippen LogP contribution in [0.4, 0.5) is 0 Å². The molecule has 0 radical (unpaired) electrons. The van der Waals surface area contributed by atoms with Crippen LogP contribution in [-0.2, 0) is 11.3 Å². The fraction of sp³-hybridized carbons (Fsp3) is 0.238. The Morgan fingerprint density at radius 3 is 2.50 bits per heavy atom. The van der Waals surface area contributed by atoms with Crippen molar-refractivity contribution in [3.8, 4) is 6.07 Å². The van der Waals surface area contributed by atoms with Gasteiger partial charge in [-0.05, 0) is 29.2 Å². The maximum Gasteiger partial charge on any atom is 0.231 e. The maximum absolute atomic E-state index is 12.1. The van der Waals surface area contributed by atoms with Gasteiger partial charge in [-0.15, -0.1) is 0 Å². The molecule has 6 nitrogen and oxygen atoms in total. The number of aromatic nitrogens is 3. The van der Waals surface area contributed by atoms with E-state index >= 15 is 0 Å². The molecule has 3 rings (SSSR count). The second-order valence-corrected chi connectivity index (χ2v) is 7.27. The minimum absolute atomic E-state index is 0.324. The molecule has 0 aliphatic rings. The van der Waals surface area contributed by atoms with Crippen molar-refractivity contribution in [2.45, 2.75) is 32.2 Å². The van der Waals surface area contributed by atoms with E-state index in [1.165, 1.54) is 11.8 Å². The molecular formula is C21H20ClN5O. The van der Waals surface area contributed by atoms with Crippen LogP contribution in [0.2, 0.25) is 5.02 Å². The summed E-state index contributed by atoms with van der Waals surface area (Å²) in [6.45, 7) is 4.60. The van der Waals surface area contributed by atoms with Gasteiger partial charge in [0, 0.05) is 12.4 Å². The number of pyridine rings is 1. The number of benzene rings is 1. The summed E-state index contributed by atoms with van der Waals surface area (Å²) in [6.07, 6.45) is 3.20. The summed E-state index contributed by atoms with van der Waals surface area (Å²) in [5, 5.41) is 13.8. The average Bonchev–Trinajstić information content (AvgIpc) is 3.10. The van der Waals surface area contributed by atoms with E-state index in [1.54, 1.807) is 23.0 Å². The van der Waals surface area contributed by atoms with Crippen molar-refractivity contribution in [1.82, 2.24) is 14.8 Å². The third kappa shape index (κ3) is 4.21. The van der Waals surface area contributed by atoms with Crippen molar-refractivity contribution in [3.05, 3.63) is 81.9 Å². The molecule has 2 heterocycles. The molecule has 0 spiro atoms. The van der Waals surface area contributed by atoms with E-state index in [2.05, 4.69) is 23.9 Å². The van der Waals surface area contributed by atoms with Crippen LogP contribution in [0.1, 0.15) is 53.8 Å². The predicted octanol–water partition coefficient (Wildman–Crippen LogP) is 3.59. The number of amides is 1. The van der Waals surface area contributed by atoms with Crippen LogP contribution in [0.15, 0.2) is 48.8 Å². The molecular weight excluding hydrogens is 374 g/mol. The zero-order valence-corrected chi connectivity index (χ0v) is 16.4. The van der Waals surface area contributed by atoms with E-state index in [0.29, 0.717) is 34.4 Å². The third-order valence-electron chi connectivity index (χ3n) is 4.53. The molecule has 28 heavy (non-hydrogen) atoms. The number of nitrogens with zero attached hydrogens (tertiary/aromatic N) is 4. The normalized spacial score (nSPS) is 12.0. The molecule has 7 heteroatoms. The molecule has 0 saturated carbocycles. The van der Waals surface area contributed by atoms with Crippen LogP contribution in [0.3, 0.4) is 0 Å². The Bertz CT molecular complexity index is 1030. The summed E-state index contributed by atoms with van der Waals surface area (Å²) in [5.74, 6) is -0.672. The lowest BCUT2D eigenvalue weighted by Gasteiger charge is -2.13. The summed E-state index contributed by atoms with van der Waals surface area (Å²) in [4.78, 5) is 16.3. The van der Waals surface area contributed by atoms with Crippen LogP contribution < -0.4 is 5.73 Å². The van der Waals surface area contributed by atoms with Gasteiger partial charge >= 0.3 is 0 Å². The average molecular weight is 394 g/mol. The van der Waals surface area contributed by atoms with Gasteiger partial charge in [0.25, 0.3) is 0 Å². The zero-order valence-electron chi connectivity index (χ0n) is 15.6. The quantitative estimate of drug-likeness (QED) is 0.691. The molecule has 2 N–H and O–H groups in total. The Morgan fingerprint density at radius 2 is 1.93 bits per heavy atom. The molecule has 2 aromatic heterocycles. The largest absolute Gasteiger partial charge is 0.369 e. The molecule has 0 saturated heterocycles. The summed E-state index contributed by atoms with van der Waals surface area (Å²) in [5.41, 5.74) is 9.23. The van der Waals surface area contributed by atoms with Crippen molar-refractivity contribution in [2.75, 3.05) is 0 Å². The summed E-state index contributed by atoms with van der Waals surface area (Å²) in [7, 11) is 0. The Morgan fingerprint density at radius 1 is 1.25 bits per heavy atom. The number of nitrogens with two attached hydrogens (primary N) is 1. The van der Waals surface area contributed by atoms with Crippen molar-refractivity contribution in [2.24, 2.45) is 5.73 Å². The Hall–Kier alpha value is -3.17. The first-order valence-electron chi connectivity index (χ1n) is 8.86.